The van der Waals surface area contributed by atoms with E-state index in [9.17, 15) is 50.4 Å². The number of ketones is 2. The monoisotopic (exact) mass is 972 g/mol. The normalized spacial score (nSPS) is 41.6. The van der Waals surface area contributed by atoms with Crippen LogP contribution in [0.5, 0.6) is 17.2 Å². The van der Waals surface area contributed by atoms with Gasteiger partial charge in [0.05, 0.1) is 78.3 Å². The molecule has 0 aromatic heterocycles. The maximum absolute atomic E-state index is 14.2. The van der Waals surface area contributed by atoms with E-state index in [4.69, 9.17) is 47.4 Å². The van der Waals surface area contributed by atoms with Crippen LogP contribution in [0.2, 0.25) is 0 Å². The third-order valence-corrected chi connectivity index (χ3v) is 14.4. The van der Waals surface area contributed by atoms with Crippen LogP contribution in [0.15, 0.2) is 29.8 Å². The van der Waals surface area contributed by atoms with Crippen LogP contribution >= 0.6 is 0 Å². The van der Waals surface area contributed by atoms with Gasteiger partial charge in [-0.3, -0.25) is 9.59 Å². The van der Waals surface area contributed by atoms with E-state index >= 15 is 0 Å². The molecule has 1 unspecified atom stereocenters. The number of rotatable bonds is 10. The molecule has 5 fully saturated rings. The fourth-order valence-electron chi connectivity index (χ4n) is 10.8. The molecule has 5 aliphatic heterocycles. The molecule has 8 N–H and O–H groups in total. The fourth-order valence-corrected chi connectivity index (χ4v) is 10.8. The third-order valence-electron chi connectivity index (χ3n) is 14.4. The molecule has 380 valence electrons. The van der Waals surface area contributed by atoms with E-state index in [1.54, 1.807) is 40.7 Å². The molecule has 2 aromatic carbocycles. The molecule has 5 saturated heterocycles. The molecule has 2 aliphatic carbocycles. The average Bonchev–Trinajstić information content (AvgIpc) is 3.27. The minimum Gasteiger partial charge on any atom is -0.507 e. The molecule has 9 rings (SSSR count). The van der Waals surface area contributed by atoms with E-state index in [1.165, 1.54) is 18.2 Å². The summed E-state index contributed by atoms with van der Waals surface area (Å²) < 4.78 is 61.2. The van der Waals surface area contributed by atoms with E-state index in [1.807, 2.05) is 6.92 Å². The summed E-state index contributed by atoms with van der Waals surface area (Å²) in [7, 11) is 0. The van der Waals surface area contributed by atoms with Crippen molar-refractivity contribution in [3.05, 3.63) is 57.7 Å². The number of benzene rings is 2. The third kappa shape index (κ3) is 9.97. The maximum atomic E-state index is 14.2. The number of fused-ring (bicyclic) bond motifs is 3. The number of carbonyl (C=O) groups excluding carboxylic acids is 2. The Bertz CT molecular complexity index is 2230. The van der Waals surface area contributed by atoms with E-state index in [2.05, 4.69) is 0 Å². The average molecular weight is 973 g/mol. The minimum atomic E-state index is -1.37. The van der Waals surface area contributed by atoms with Crippen molar-refractivity contribution in [3.63, 3.8) is 0 Å². The van der Waals surface area contributed by atoms with Crippen LogP contribution < -0.4 is 4.74 Å². The number of aliphatic hydroxyl groups excluding tert-OH is 6. The lowest BCUT2D eigenvalue weighted by molar-refractivity contribution is -0.336. The second-order valence-corrected chi connectivity index (χ2v) is 19.5. The highest BCUT2D eigenvalue weighted by Gasteiger charge is 2.48. The van der Waals surface area contributed by atoms with Crippen LogP contribution in [0.4, 0.5) is 0 Å². The predicted octanol–water partition coefficient (Wildman–Crippen LogP) is 1.94. The van der Waals surface area contributed by atoms with E-state index in [0.717, 1.165) is 0 Å². The number of hydrogen-bond donors (Lipinski definition) is 8. The first-order valence-electron chi connectivity index (χ1n) is 23.9. The Labute approximate surface area is 398 Å². The molecule has 20 atom stereocenters. The van der Waals surface area contributed by atoms with Gasteiger partial charge in [0.1, 0.15) is 41.7 Å². The summed E-state index contributed by atoms with van der Waals surface area (Å²) in [6, 6.07) is 5.70. The van der Waals surface area contributed by atoms with Crippen molar-refractivity contribution < 1.29 is 97.8 Å². The number of Topliss-reactive ketones (excluding diaryl/α,β-unsaturated/α-hetero) is 2. The Morgan fingerprint density at radius 2 is 1.10 bits per heavy atom. The topological polar surface area (TPSA) is 288 Å². The molecule has 0 spiro atoms. The smallest absolute Gasteiger partial charge is 0.202 e. The maximum Gasteiger partial charge on any atom is 0.202 e. The van der Waals surface area contributed by atoms with Gasteiger partial charge in [0.2, 0.25) is 6.29 Å². The summed E-state index contributed by atoms with van der Waals surface area (Å²) in [6.45, 7) is 10.3. The molecule has 20 nitrogen and oxygen atoms in total. The van der Waals surface area contributed by atoms with Crippen LogP contribution in [-0.2, 0) is 49.1 Å². The van der Waals surface area contributed by atoms with Gasteiger partial charge in [-0.15, -0.1) is 0 Å². The number of phenolic OH excluding ortho intramolecular Hbond substituents is 2. The largest absolute Gasteiger partial charge is 0.507 e. The van der Waals surface area contributed by atoms with Crippen LogP contribution in [0.25, 0.3) is 5.57 Å². The molecule has 0 saturated carbocycles. The van der Waals surface area contributed by atoms with E-state index in [-0.39, 0.29) is 71.4 Å². The number of phenols is 2. The van der Waals surface area contributed by atoms with Crippen molar-refractivity contribution in [2.24, 2.45) is 0 Å². The zero-order valence-electron chi connectivity index (χ0n) is 39.3. The van der Waals surface area contributed by atoms with Crippen LogP contribution in [0, 0.1) is 6.92 Å². The predicted molar refractivity (Wildman–Crippen MR) is 236 cm³/mol. The summed E-state index contributed by atoms with van der Waals surface area (Å²) in [5, 5.41) is 86.8. The number of hydrogen-bond acceptors (Lipinski definition) is 20. The van der Waals surface area contributed by atoms with Crippen molar-refractivity contribution in [1.82, 2.24) is 0 Å². The summed E-state index contributed by atoms with van der Waals surface area (Å²) in [5.41, 5.74) is 0.314. The Morgan fingerprint density at radius 1 is 0.536 bits per heavy atom. The van der Waals surface area contributed by atoms with Crippen LogP contribution in [-0.4, -0.2) is 175 Å². The summed E-state index contributed by atoms with van der Waals surface area (Å²) in [4.78, 5) is 28.3. The first kappa shape index (κ1) is 50.3. The zero-order chi connectivity index (χ0) is 49.3. The van der Waals surface area contributed by atoms with Crippen LogP contribution in [0.3, 0.4) is 0 Å². The number of aliphatic hydroxyl groups is 6. The Hall–Kier alpha value is -3.68. The first-order valence-corrected chi connectivity index (χ1v) is 23.9. The van der Waals surface area contributed by atoms with Crippen molar-refractivity contribution >= 4 is 17.1 Å². The number of aromatic hydroxyl groups is 2. The summed E-state index contributed by atoms with van der Waals surface area (Å²) >= 11 is 0. The van der Waals surface area contributed by atoms with Gasteiger partial charge >= 0.3 is 0 Å². The Morgan fingerprint density at radius 3 is 1.75 bits per heavy atom. The van der Waals surface area contributed by atoms with E-state index < -0.39 is 140 Å². The summed E-state index contributed by atoms with van der Waals surface area (Å²) in [6.07, 6.45) is -16.0. The fraction of sp³-hybridized carbons (Fsp3) is 0.673. The minimum absolute atomic E-state index is 0.0232. The van der Waals surface area contributed by atoms with Gasteiger partial charge in [0.25, 0.3) is 0 Å². The van der Waals surface area contributed by atoms with Gasteiger partial charge in [-0.2, -0.15) is 0 Å². The molecular formula is C49H64O20. The molecule has 5 heterocycles. The lowest BCUT2D eigenvalue weighted by atomic mass is 9.72. The first-order chi connectivity index (χ1) is 32.8. The second kappa shape index (κ2) is 20.1. The number of aryl methyl sites for hydroxylation is 1. The molecule has 0 radical (unpaired) electrons. The van der Waals surface area contributed by atoms with Crippen molar-refractivity contribution in [2.45, 2.75) is 209 Å². The number of allylic oxidation sites excluding steroid dienone is 1. The lowest BCUT2D eigenvalue weighted by Gasteiger charge is -2.45. The van der Waals surface area contributed by atoms with Crippen molar-refractivity contribution in [3.8, 4) is 17.2 Å². The highest BCUT2D eigenvalue weighted by atomic mass is 16.8. The zero-order valence-corrected chi connectivity index (χ0v) is 39.3. The van der Waals surface area contributed by atoms with Gasteiger partial charge in [0.15, 0.2) is 36.7 Å². The summed E-state index contributed by atoms with van der Waals surface area (Å²) in [5.74, 6) is -2.35. The van der Waals surface area contributed by atoms with Crippen molar-refractivity contribution in [1.29, 1.82) is 0 Å². The van der Waals surface area contributed by atoms with E-state index in [0.29, 0.717) is 24.0 Å². The van der Waals surface area contributed by atoms with Crippen LogP contribution in [0.1, 0.15) is 111 Å². The SMILES string of the molecule is Cc1cc(O)c2c(c1)C[C@@H](O)C1=C2C(=O)c2c(O)ccc(O[C@H]3C[C@@H](O)[C@H](O[C@H]4C[C@@H](O[C@H]5CC[C@H](O[C@H]6C[C@@H](O)[C@H](O[C@H]7C[C@@H](O)[C@H](O)[C@@H](C)O7)C(C)O6)[C@H](C)O5)[C@H](O)[C@@H](C)O4)[C@@H](C)O3)c2C1=O. The molecule has 7 aliphatic rings. The number of carbonyl (C=O) groups is 2. The molecule has 0 bridgehead atoms. The molecule has 2 aromatic rings. The Balaban J connectivity index is 0.778. The highest BCUT2D eigenvalue weighted by Crippen LogP contribution is 2.48. The molecule has 0 amide bonds. The molecule has 20 heteroatoms. The second-order valence-electron chi connectivity index (χ2n) is 19.5. The Kier molecular flexibility index (Phi) is 14.6. The number of ether oxygens (including phenoxy) is 10. The quantitative estimate of drug-likeness (QED) is 0.169. The van der Waals surface area contributed by atoms with Gasteiger partial charge in [-0.25, -0.2) is 0 Å². The highest BCUT2D eigenvalue weighted by molar-refractivity contribution is 6.42. The van der Waals surface area contributed by atoms with Gasteiger partial charge in [-0.05, 0) is 77.3 Å². The molecule has 69 heavy (non-hydrogen) atoms. The lowest BCUT2D eigenvalue weighted by Crippen LogP contribution is -2.56. The van der Waals surface area contributed by atoms with Crippen molar-refractivity contribution in [2.75, 3.05) is 0 Å². The standard InChI is InChI=1S/C49H64O20/c1-18-11-24-13-27(52)41-43(39(24)26(51)12-18)47(59)40-25(50)7-8-32(42(40)46(41)58)66-36-16-30(55)49(23(6)64-36)69-38-17-33(45(57)21(4)62-38)67-34-10-9-31(19(2)60-34)65-35-15-29(54)48(22(5)63-35)68-37-14-28(53)44(56)20(3)61-37/h7-8,11-12,19-23,27-31,33-38,44-45,48-57H,9-10,13-17H2,1-6H3/t19-,20+,21+,22?,23+,27+,28+,29+,30+,31-,33+,34-,35-,36-,37-,38-,44+,45+,48+,49+/m0/s1. The molecular weight excluding hydrogens is 909 g/mol. The van der Waals surface area contributed by atoms with Gasteiger partial charge in [-0.1, -0.05) is 6.07 Å². The van der Waals surface area contributed by atoms with Gasteiger partial charge in [0, 0.05) is 55.2 Å². The van der Waals surface area contributed by atoms with Gasteiger partial charge < -0.3 is 88.2 Å².